The maximum Gasteiger partial charge on any atom is 0.270 e. The normalized spacial score (nSPS) is 24.2. The Morgan fingerprint density at radius 1 is 1.25 bits per heavy atom. The van der Waals surface area contributed by atoms with Crippen LogP contribution in [0.2, 0.25) is 0 Å². The van der Waals surface area contributed by atoms with Crippen LogP contribution in [0.15, 0.2) is 53.0 Å². The number of nitro benzene ring substituents is 1. The van der Waals surface area contributed by atoms with Gasteiger partial charge in [0.1, 0.15) is 0 Å². The van der Waals surface area contributed by atoms with Gasteiger partial charge in [0.15, 0.2) is 0 Å². The Kier molecular flexibility index (Phi) is 3.68. The number of aryl methyl sites for hydroxylation is 1. The molecular formula is C19H17BrN2O2. The summed E-state index contributed by atoms with van der Waals surface area (Å²) in [5.41, 5.74) is 4.45. The van der Waals surface area contributed by atoms with E-state index in [1.807, 2.05) is 6.92 Å². The van der Waals surface area contributed by atoms with E-state index < -0.39 is 0 Å². The van der Waals surface area contributed by atoms with Gasteiger partial charge in [0.05, 0.1) is 11.0 Å². The first-order chi connectivity index (χ1) is 11.5. The molecule has 4 rings (SSSR count). The van der Waals surface area contributed by atoms with Crippen molar-refractivity contribution in [1.82, 2.24) is 0 Å². The van der Waals surface area contributed by atoms with Crippen molar-refractivity contribution in [3.05, 3.63) is 79.8 Å². The number of benzene rings is 2. The Hall–Kier alpha value is -2.14. The molecule has 1 heterocycles. The molecule has 1 aliphatic carbocycles. The molecule has 0 spiro atoms. The minimum atomic E-state index is -0.304. The topological polar surface area (TPSA) is 55.2 Å². The second kappa shape index (κ2) is 5.74. The van der Waals surface area contributed by atoms with E-state index in [0.29, 0.717) is 5.92 Å². The summed E-state index contributed by atoms with van der Waals surface area (Å²) < 4.78 is 1.07. The van der Waals surface area contributed by atoms with Gasteiger partial charge >= 0.3 is 0 Å². The van der Waals surface area contributed by atoms with Crippen LogP contribution in [0.5, 0.6) is 0 Å². The third-order valence-electron chi connectivity index (χ3n) is 5.09. The summed E-state index contributed by atoms with van der Waals surface area (Å²) in [5, 5.41) is 14.9. The predicted octanol–water partition coefficient (Wildman–Crippen LogP) is 5.49. The van der Waals surface area contributed by atoms with Gasteiger partial charge in [-0.25, -0.2) is 0 Å². The van der Waals surface area contributed by atoms with Gasteiger partial charge in [0.2, 0.25) is 0 Å². The summed E-state index contributed by atoms with van der Waals surface area (Å²) >= 11 is 3.49. The van der Waals surface area contributed by atoms with Crippen LogP contribution in [0.1, 0.15) is 35.1 Å². The van der Waals surface area contributed by atoms with E-state index in [0.717, 1.165) is 27.7 Å². The third-order valence-corrected chi connectivity index (χ3v) is 5.62. The first kappa shape index (κ1) is 15.4. The van der Waals surface area contributed by atoms with Gasteiger partial charge in [-0.05, 0) is 48.1 Å². The molecule has 0 saturated carbocycles. The summed E-state index contributed by atoms with van der Waals surface area (Å²) in [4.78, 5) is 10.9. The first-order valence-electron chi connectivity index (χ1n) is 8.02. The Bertz CT molecular complexity index is 845. The molecule has 0 unspecified atom stereocenters. The number of nitrogens with one attached hydrogen (secondary N) is 1. The fraction of sp³-hybridized carbons (Fsp3) is 0.263. The van der Waals surface area contributed by atoms with Gasteiger partial charge in [-0.15, -0.1) is 0 Å². The zero-order valence-corrected chi connectivity index (χ0v) is 14.8. The number of fused-ring (bicyclic) bond motifs is 3. The molecule has 2 aromatic rings. The second-order valence-corrected chi connectivity index (χ2v) is 7.43. The second-order valence-electron chi connectivity index (χ2n) is 6.51. The molecular weight excluding hydrogens is 368 g/mol. The molecule has 122 valence electrons. The van der Waals surface area contributed by atoms with Crippen molar-refractivity contribution in [2.45, 2.75) is 25.3 Å². The van der Waals surface area contributed by atoms with Crippen LogP contribution < -0.4 is 5.32 Å². The summed E-state index contributed by atoms with van der Waals surface area (Å²) in [6, 6.07) is 12.0. The number of rotatable bonds is 2. The lowest BCUT2D eigenvalue weighted by molar-refractivity contribution is -0.385. The lowest BCUT2D eigenvalue weighted by Crippen LogP contribution is -2.29. The SMILES string of the molecule is Cc1cc([N+](=O)[O-])cc2c1N[C@H](c1ccc(Br)cc1)[C@H]1CC=C[C@H]21. The highest BCUT2D eigenvalue weighted by Gasteiger charge is 2.39. The van der Waals surface area contributed by atoms with E-state index in [-0.39, 0.29) is 22.6 Å². The Morgan fingerprint density at radius 2 is 2.00 bits per heavy atom. The number of non-ortho nitro benzene ring substituents is 1. The molecule has 2 aliphatic rings. The van der Waals surface area contributed by atoms with Crippen molar-refractivity contribution in [3.8, 4) is 0 Å². The largest absolute Gasteiger partial charge is 0.377 e. The predicted molar refractivity (Wildman–Crippen MR) is 98.3 cm³/mol. The van der Waals surface area contributed by atoms with Crippen molar-refractivity contribution in [2.75, 3.05) is 5.32 Å². The van der Waals surface area contributed by atoms with E-state index in [2.05, 4.69) is 57.7 Å². The number of allylic oxidation sites excluding steroid dienone is 2. The summed E-state index contributed by atoms with van der Waals surface area (Å²) in [6.45, 7) is 1.94. The molecule has 24 heavy (non-hydrogen) atoms. The van der Waals surface area contributed by atoms with E-state index in [9.17, 15) is 10.1 Å². The van der Waals surface area contributed by atoms with Gasteiger partial charge in [0, 0.05) is 28.2 Å². The van der Waals surface area contributed by atoms with Crippen LogP contribution in [0, 0.1) is 23.0 Å². The standard InChI is InChI=1S/C19H17BrN2O2/c1-11-9-14(22(23)24)10-17-15-3-2-4-16(15)19(21-18(11)17)12-5-7-13(20)8-6-12/h2-3,5-10,15-16,19,21H,4H2,1H3/t15-,16-,19+/m0/s1. The van der Waals surface area contributed by atoms with Gasteiger partial charge in [-0.3, -0.25) is 10.1 Å². The summed E-state index contributed by atoms with van der Waals surface area (Å²) in [7, 11) is 0. The number of hydrogen-bond donors (Lipinski definition) is 1. The molecule has 0 fully saturated rings. The van der Waals surface area contributed by atoms with E-state index >= 15 is 0 Å². The van der Waals surface area contributed by atoms with Crippen molar-refractivity contribution >= 4 is 27.3 Å². The van der Waals surface area contributed by atoms with Crippen LogP contribution >= 0.6 is 15.9 Å². The Labute approximate surface area is 148 Å². The molecule has 2 aromatic carbocycles. The first-order valence-corrected chi connectivity index (χ1v) is 8.81. The lowest BCUT2D eigenvalue weighted by Gasteiger charge is -2.38. The van der Waals surface area contributed by atoms with Crippen molar-refractivity contribution in [2.24, 2.45) is 5.92 Å². The average molecular weight is 385 g/mol. The smallest absolute Gasteiger partial charge is 0.270 e. The fourth-order valence-corrected chi connectivity index (χ4v) is 4.24. The Balaban J connectivity index is 1.82. The van der Waals surface area contributed by atoms with Crippen molar-refractivity contribution in [3.63, 3.8) is 0 Å². The van der Waals surface area contributed by atoms with Gasteiger partial charge in [0.25, 0.3) is 5.69 Å². The molecule has 0 aromatic heterocycles. The molecule has 0 bridgehead atoms. The minimum Gasteiger partial charge on any atom is -0.377 e. The van der Waals surface area contributed by atoms with Crippen LogP contribution in [0.3, 0.4) is 0 Å². The molecule has 0 saturated heterocycles. The van der Waals surface area contributed by atoms with Gasteiger partial charge in [-0.2, -0.15) is 0 Å². The molecule has 1 aliphatic heterocycles. The molecule has 4 nitrogen and oxygen atoms in total. The summed E-state index contributed by atoms with van der Waals surface area (Å²) in [6.07, 6.45) is 5.39. The number of halogens is 1. The van der Waals surface area contributed by atoms with Crippen LogP contribution in [0.25, 0.3) is 0 Å². The zero-order valence-electron chi connectivity index (χ0n) is 13.2. The van der Waals surface area contributed by atoms with Gasteiger partial charge < -0.3 is 5.32 Å². The number of hydrogen-bond acceptors (Lipinski definition) is 3. The molecule has 0 radical (unpaired) electrons. The summed E-state index contributed by atoms with van der Waals surface area (Å²) in [5.74, 6) is 0.619. The van der Waals surface area contributed by atoms with Crippen molar-refractivity contribution < 1.29 is 4.92 Å². The number of anilines is 1. The average Bonchev–Trinajstić information content (AvgIpc) is 3.05. The molecule has 1 N–H and O–H groups in total. The van der Waals surface area contributed by atoms with E-state index in [1.54, 1.807) is 12.1 Å². The Morgan fingerprint density at radius 3 is 2.71 bits per heavy atom. The lowest BCUT2D eigenvalue weighted by atomic mass is 9.76. The number of nitrogens with zero attached hydrogens (tertiary/aromatic N) is 1. The van der Waals surface area contributed by atoms with Crippen LogP contribution in [0.4, 0.5) is 11.4 Å². The maximum absolute atomic E-state index is 11.2. The monoisotopic (exact) mass is 384 g/mol. The van der Waals surface area contributed by atoms with Crippen molar-refractivity contribution in [1.29, 1.82) is 0 Å². The van der Waals surface area contributed by atoms with E-state index in [4.69, 9.17) is 0 Å². The zero-order chi connectivity index (χ0) is 16.8. The highest BCUT2D eigenvalue weighted by molar-refractivity contribution is 9.10. The van der Waals surface area contributed by atoms with Crippen LogP contribution in [-0.4, -0.2) is 4.92 Å². The number of nitro groups is 1. The van der Waals surface area contributed by atoms with Crippen LogP contribution in [-0.2, 0) is 0 Å². The fourth-order valence-electron chi connectivity index (χ4n) is 3.97. The minimum absolute atomic E-state index is 0.175. The molecule has 0 amide bonds. The van der Waals surface area contributed by atoms with Gasteiger partial charge in [-0.1, -0.05) is 40.2 Å². The maximum atomic E-state index is 11.2. The molecule has 5 heteroatoms. The highest BCUT2D eigenvalue weighted by Crippen LogP contribution is 2.51. The third kappa shape index (κ3) is 2.44. The van der Waals surface area contributed by atoms with E-state index in [1.165, 1.54) is 5.56 Å². The molecule has 3 atom stereocenters. The highest BCUT2D eigenvalue weighted by atomic mass is 79.9. The quantitative estimate of drug-likeness (QED) is 0.422.